The second-order valence-electron chi connectivity index (χ2n) is 10.4. The Morgan fingerprint density at radius 2 is 1.80 bits per heavy atom. The molecule has 0 unspecified atom stereocenters. The fourth-order valence-corrected chi connectivity index (χ4v) is 6.01. The standard InChI is InChI=1S/C31H31Cl2N5OS/c1-17(2)30(39)35-25-13-12-21(16-24(25)33)38-29(28(36-31(38)40)26-10-6-7-14-34-26)22-15-18(3)37(20(22)5)27-11-8-9-23(32)19(27)4/h6-17,28-29H,1-5H3,(H,35,39)(H,36,40)/t28-,29+/m1/s1. The zero-order chi connectivity index (χ0) is 28.7. The molecule has 2 atom stereocenters. The van der Waals surface area contributed by atoms with Crippen LogP contribution in [0, 0.1) is 26.7 Å². The molecule has 0 radical (unpaired) electrons. The predicted octanol–water partition coefficient (Wildman–Crippen LogP) is 7.88. The van der Waals surface area contributed by atoms with Crippen LogP contribution in [-0.2, 0) is 4.79 Å². The molecule has 1 aliphatic rings. The summed E-state index contributed by atoms with van der Waals surface area (Å²) in [5.41, 5.74) is 7.59. The lowest BCUT2D eigenvalue weighted by Crippen LogP contribution is -2.29. The van der Waals surface area contributed by atoms with Crippen LogP contribution in [0.25, 0.3) is 5.69 Å². The maximum absolute atomic E-state index is 12.3. The van der Waals surface area contributed by atoms with E-state index < -0.39 is 0 Å². The van der Waals surface area contributed by atoms with E-state index in [0.29, 0.717) is 15.8 Å². The number of aromatic nitrogens is 2. The van der Waals surface area contributed by atoms with E-state index in [2.05, 4.69) is 51.1 Å². The Labute approximate surface area is 250 Å². The highest BCUT2D eigenvalue weighted by atomic mass is 35.5. The molecule has 2 N–H and O–H groups in total. The van der Waals surface area contributed by atoms with E-state index in [1.54, 1.807) is 6.20 Å². The molecule has 2 aromatic carbocycles. The van der Waals surface area contributed by atoms with Gasteiger partial charge in [0.05, 0.1) is 28.5 Å². The second kappa shape index (κ2) is 11.2. The highest BCUT2D eigenvalue weighted by Crippen LogP contribution is 2.45. The van der Waals surface area contributed by atoms with Gasteiger partial charge in [-0.1, -0.05) is 49.2 Å². The number of nitrogens with one attached hydrogen (secondary N) is 2. The molecule has 4 aromatic rings. The maximum Gasteiger partial charge on any atom is 0.226 e. The van der Waals surface area contributed by atoms with Crippen molar-refractivity contribution in [3.63, 3.8) is 0 Å². The van der Waals surface area contributed by atoms with Crippen LogP contribution in [0.5, 0.6) is 0 Å². The largest absolute Gasteiger partial charge is 0.351 e. The highest BCUT2D eigenvalue weighted by molar-refractivity contribution is 7.80. The number of benzene rings is 2. The van der Waals surface area contributed by atoms with E-state index in [0.717, 1.165) is 44.6 Å². The van der Waals surface area contributed by atoms with Crippen LogP contribution in [0.15, 0.2) is 66.9 Å². The summed E-state index contributed by atoms with van der Waals surface area (Å²) in [6, 6.07) is 19.2. The molecule has 2 aromatic heterocycles. The van der Waals surface area contributed by atoms with Crippen molar-refractivity contribution in [1.29, 1.82) is 0 Å². The van der Waals surface area contributed by atoms with E-state index in [1.807, 2.05) is 69.3 Å². The first kappa shape index (κ1) is 28.1. The Morgan fingerprint density at radius 1 is 1.02 bits per heavy atom. The third-order valence-electron chi connectivity index (χ3n) is 7.38. The van der Waals surface area contributed by atoms with Gasteiger partial charge >= 0.3 is 0 Å². The van der Waals surface area contributed by atoms with Gasteiger partial charge < -0.3 is 20.1 Å². The van der Waals surface area contributed by atoms with Gasteiger partial charge in [-0.05, 0) is 92.6 Å². The summed E-state index contributed by atoms with van der Waals surface area (Å²) < 4.78 is 2.24. The van der Waals surface area contributed by atoms with Gasteiger partial charge in [0, 0.05) is 39.9 Å². The lowest BCUT2D eigenvalue weighted by atomic mass is 9.96. The lowest BCUT2D eigenvalue weighted by molar-refractivity contribution is -0.118. The monoisotopic (exact) mass is 591 g/mol. The van der Waals surface area contributed by atoms with Gasteiger partial charge in [-0.3, -0.25) is 9.78 Å². The molecule has 1 fully saturated rings. The Morgan fingerprint density at radius 3 is 2.48 bits per heavy atom. The number of hydrogen-bond donors (Lipinski definition) is 2. The molecular weight excluding hydrogens is 561 g/mol. The molecule has 6 nitrogen and oxygen atoms in total. The molecular formula is C31H31Cl2N5OS. The van der Waals surface area contributed by atoms with Gasteiger partial charge in [-0.2, -0.15) is 0 Å². The molecule has 0 bridgehead atoms. The van der Waals surface area contributed by atoms with Crippen LogP contribution in [0.4, 0.5) is 11.4 Å². The molecule has 1 aliphatic heterocycles. The van der Waals surface area contributed by atoms with Crippen LogP contribution in [0.2, 0.25) is 10.0 Å². The Bertz CT molecular complexity index is 1600. The molecule has 0 spiro atoms. The van der Waals surface area contributed by atoms with Crippen LogP contribution in [0.1, 0.15) is 54.1 Å². The van der Waals surface area contributed by atoms with Crippen LogP contribution in [0.3, 0.4) is 0 Å². The predicted molar refractivity (Wildman–Crippen MR) is 168 cm³/mol. The van der Waals surface area contributed by atoms with Gasteiger partial charge in [0.25, 0.3) is 0 Å². The van der Waals surface area contributed by atoms with Crippen molar-refractivity contribution in [1.82, 2.24) is 14.9 Å². The van der Waals surface area contributed by atoms with Crippen molar-refractivity contribution < 1.29 is 4.79 Å². The number of amides is 1. The number of halogens is 2. The summed E-state index contributed by atoms with van der Waals surface area (Å²) in [5, 5.41) is 8.15. The number of aryl methyl sites for hydroxylation is 1. The van der Waals surface area contributed by atoms with Crippen LogP contribution in [-0.4, -0.2) is 20.6 Å². The SMILES string of the molecule is Cc1c(Cl)cccc1-n1c(C)cc([C@H]2[C@@H](c3ccccn3)NC(=S)N2c2ccc(NC(=O)C(C)C)c(Cl)c2)c1C. The lowest BCUT2D eigenvalue weighted by Gasteiger charge is -2.28. The minimum absolute atomic E-state index is 0.0927. The third kappa shape index (κ3) is 5.09. The number of nitrogens with zero attached hydrogens (tertiary/aromatic N) is 3. The summed E-state index contributed by atoms with van der Waals surface area (Å²) in [6.07, 6.45) is 1.79. The summed E-state index contributed by atoms with van der Waals surface area (Å²) in [4.78, 5) is 19.1. The fraction of sp³-hybridized carbons (Fsp3) is 0.258. The topological polar surface area (TPSA) is 62.2 Å². The molecule has 0 aliphatic carbocycles. The molecule has 0 saturated carbocycles. The first-order chi connectivity index (χ1) is 19.1. The zero-order valence-corrected chi connectivity index (χ0v) is 25.3. The molecule has 3 heterocycles. The first-order valence-electron chi connectivity index (χ1n) is 13.1. The number of carbonyl (C=O) groups excluding carboxylic acids is 1. The van der Waals surface area contributed by atoms with Crippen molar-refractivity contribution in [2.75, 3.05) is 10.2 Å². The van der Waals surface area contributed by atoms with Gasteiger partial charge in [0.15, 0.2) is 5.11 Å². The summed E-state index contributed by atoms with van der Waals surface area (Å²) in [5.74, 6) is -0.252. The van der Waals surface area contributed by atoms with E-state index in [9.17, 15) is 4.79 Å². The molecule has 40 heavy (non-hydrogen) atoms. The number of anilines is 2. The average Bonchev–Trinajstić information content (AvgIpc) is 3.42. The van der Waals surface area contributed by atoms with Gasteiger partial charge in [-0.15, -0.1) is 0 Å². The fourth-order valence-electron chi connectivity index (χ4n) is 5.28. The maximum atomic E-state index is 12.3. The third-order valence-corrected chi connectivity index (χ3v) is 8.42. The Kier molecular flexibility index (Phi) is 7.91. The molecule has 206 valence electrons. The van der Waals surface area contributed by atoms with E-state index in [4.69, 9.17) is 35.4 Å². The summed E-state index contributed by atoms with van der Waals surface area (Å²) in [6.45, 7) is 9.94. The Hall–Kier alpha value is -3.39. The van der Waals surface area contributed by atoms with Crippen LogP contribution >= 0.6 is 35.4 Å². The number of hydrogen-bond acceptors (Lipinski definition) is 3. The average molecular weight is 593 g/mol. The summed E-state index contributed by atoms with van der Waals surface area (Å²) in [7, 11) is 0. The van der Waals surface area contributed by atoms with Crippen molar-refractivity contribution in [3.05, 3.63) is 105 Å². The van der Waals surface area contributed by atoms with Gasteiger partial charge in [0.1, 0.15) is 0 Å². The minimum atomic E-state index is -0.214. The highest BCUT2D eigenvalue weighted by Gasteiger charge is 2.42. The Balaban J connectivity index is 1.64. The number of pyridine rings is 1. The number of rotatable bonds is 6. The smallest absolute Gasteiger partial charge is 0.226 e. The van der Waals surface area contributed by atoms with E-state index >= 15 is 0 Å². The van der Waals surface area contributed by atoms with Crippen molar-refractivity contribution in [2.24, 2.45) is 5.92 Å². The number of carbonyl (C=O) groups is 1. The van der Waals surface area contributed by atoms with Crippen molar-refractivity contribution in [3.8, 4) is 5.69 Å². The molecule has 1 saturated heterocycles. The van der Waals surface area contributed by atoms with Crippen LogP contribution < -0.4 is 15.5 Å². The van der Waals surface area contributed by atoms with Gasteiger partial charge in [-0.25, -0.2) is 0 Å². The van der Waals surface area contributed by atoms with Gasteiger partial charge in [0.2, 0.25) is 5.91 Å². The quantitative estimate of drug-likeness (QED) is 0.223. The molecule has 9 heteroatoms. The zero-order valence-electron chi connectivity index (χ0n) is 23.0. The minimum Gasteiger partial charge on any atom is -0.351 e. The van der Waals surface area contributed by atoms with Crippen molar-refractivity contribution in [2.45, 2.75) is 46.7 Å². The van der Waals surface area contributed by atoms with E-state index in [-0.39, 0.29) is 23.9 Å². The normalized spacial score (nSPS) is 16.9. The second-order valence-corrected chi connectivity index (χ2v) is 11.6. The molecule has 1 amide bonds. The number of thiocarbonyl (C=S) groups is 1. The van der Waals surface area contributed by atoms with Crippen molar-refractivity contribution >= 4 is 57.8 Å². The molecule has 5 rings (SSSR count). The first-order valence-corrected chi connectivity index (χ1v) is 14.3. The van der Waals surface area contributed by atoms with E-state index in [1.165, 1.54) is 0 Å². The summed E-state index contributed by atoms with van der Waals surface area (Å²) >= 11 is 19.1.